The second-order valence-electron chi connectivity index (χ2n) is 8.26. The van der Waals surface area contributed by atoms with Crippen LogP contribution in [0.25, 0.3) is 21.9 Å². The van der Waals surface area contributed by atoms with Crippen LogP contribution in [0.3, 0.4) is 0 Å². The molecule has 1 aliphatic heterocycles. The quantitative estimate of drug-likeness (QED) is 0.524. The van der Waals surface area contributed by atoms with Gasteiger partial charge in [0.25, 0.3) is 0 Å². The Hall–Kier alpha value is -2.98. The molecule has 1 aromatic heterocycles. The molecule has 6 heteroatoms. The van der Waals surface area contributed by atoms with E-state index in [4.69, 9.17) is 10.00 Å². The number of pyridine rings is 1. The lowest BCUT2D eigenvalue weighted by Gasteiger charge is -2.35. The van der Waals surface area contributed by atoms with Crippen molar-refractivity contribution < 1.29 is 9.84 Å². The number of unbranched alkanes of at least 4 members (excludes halogenated alkanes) is 1. The number of nitrogens with zero attached hydrogens (tertiary/aromatic N) is 4. The van der Waals surface area contributed by atoms with E-state index in [2.05, 4.69) is 39.1 Å². The van der Waals surface area contributed by atoms with Gasteiger partial charge in [0.2, 0.25) is 0 Å². The summed E-state index contributed by atoms with van der Waals surface area (Å²) in [6, 6.07) is 18.5. The topological polar surface area (TPSA) is 72.6 Å². The zero-order valence-electron chi connectivity index (χ0n) is 18.4. The molecule has 1 atom stereocenters. The second kappa shape index (κ2) is 11.1. The lowest BCUT2D eigenvalue weighted by Crippen LogP contribution is -2.49. The third-order valence-electron chi connectivity index (χ3n) is 5.99. The maximum Gasteiger partial charge on any atom is 0.127 e. The number of ether oxygens (including phenoxy) is 1. The van der Waals surface area contributed by atoms with Gasteiger partial charge in [-0.25, -0.2) is 0 Å². The highest BCUT2D eigenvalue weighted by molar-refractivity contribution is 5.99. The molecular formula is C26H30N4O2. The number of aromatic nitrogens is 1. The minimum absolute atomic E-state index is 0.249. The Bertz CT molecular complexity index is 1040. The van der Waals surface area contributed by atoms with Gasteiger partial charge in [-0.1, -0.05) is 30.3 Å². The van der Waals surface area contributed by atoms with Crippen molar-refractivity contribution in [3.8, 4) is 22.9 Å². The molecule has 0 saturated carbocycles. The molecule has 1 aliphatic rings. The number of aliphatic hydroxyl groups is 1. The number of piperazine rings is 1. The highest BCUT2D eigenvalue weighted by Crippen LogP contribution is 2.36. The molecule has 1 N–H and O–H groups in total. The molecule has 2 aromatic carbocycles. The molecular weight excluding hydrogens is 400 g/mol. The van der Waals surface area contributed by atoms with E-state index in [0.29, 0.717) is 13.0 Å². The average molecular weight is 431 g/mol. The van der Waals surface area contributed by atoms with Crippen molar-refractivity contribution in [2.75, 3.05) is 45.9 Å². The maximum atomic E-state index is 10.7. The van der Waals surface area contributed by atoms with Gasteiger partial charge < -0.3 is 14.7 Å². The maximum absolute atomic E-state index is 10.7. The first-order chi connectivity index (χ1) is 15.7. The van der Waals surface area contributed by atoms with Gasteiger partial charge in [-0.3, -0.25) is 9.88 Å². The Morgan fingerprint density at radius 3 is 2.53 bits per heavy atom. The predicted octanol–water partition coefficient (Wildman–Crippen LogP) is 3.56. The molecule has 0 amide bonds. The Morgan fingerprint density at radius 1 is 1.00 bits per heavy atom. The van der Waals surface area contributed by atoms with Crippen LogP contribution in [0.1, 0.15) is 12.8 Å². The van der Waals surface area contributed by atoms with Crippen molar-refractivity contribution in [1.82, 2.24) is 14.8 Å². The molecule has 0 radical (unpaired) electrons. The molecule has 3 aromatic rings. The monoisotopic (exact) mass is 430 g/mol. The van der Waals surface area contributed by atoms with Crippen molar-refractivity contribution in [1.29, 1.82) is 5.26 Å². The fraction of sp³-hybridized carbons (Fsp3) is 0.385. The third kappa shape index (κ3) is 5.63. The van der Waals surface area contributed by atoms with Crippen molar-refractivity contribution in [2.45, 2.75) is 18.9 Å². The summed E-state index contributed by atoms with van der Waals surface area (Å²) in [4.78, 5) is 8.83. The normalized spacial score (nSPS) is 16.0. The molecule has 1 unspecified atom stereocenters. The fourth-order valence-corrected chi connectivity index (χ4v) is 4.30. The van der Waals surface area contributed by atoms with E-state index in [0.717, 1.165) is 66.8 Å². The van der Waals surface area contributed by atoms with Gasteiger partial charge in [-0.2, -0.15) is 5.26 Å². The molecule has 2 heterocycles. The number of rotatable bonds is 9. The van der Waals surface area contributed by atoms with Crippen LogP contribution in [-0.4, -0.2) is 71.9 Å². The van der Waals surface area contributed by atoms with Crippen LogP contribution < -0.4 is 4.74 Å². The zero-order valence-corrected chi connectivity index (χ0v) is 18.4. The van der Waals surface area contributed by atoms with Crippen LogP contribution in [0, 0.1) is 11.3 Å². The summed E-state index contributed by atoms with van der Waals surface area (Å²) in [5, 5.41) is 21.6. The van der Waals surface area contributed by atoms with Gasteiger partial charge in [0, 0.05) is 57.1 Å². The third-order valence-corrected chi connectivity index (χ3v) is 5.99. The van der Waals surface area contributed by atoms with E-state index in [9.17, 15) is 5.11 Å². The SMILES string of the molecule is N#CCCCN1CCN(CC(O)COc2ccc3ccccc3c2-c2ccncc2)CC1. The minimum atomic E-state index is -0.558. The first kappa shape index (κ1) is 22.2. The van der Waals surface area contributed by atoms with E-state index < -0.39 is 6.10 Å². The molecule has 0 bridgehead atoms. The number of nitriles is 1. The molecule has 1 fully saturated rings. The van der Waals surface area contributed by atoms with E-state index in [-0.39, 0.29) is 6.61 Å². The Balaban J connectivity index is 1.37. The number of fused-ring (bicyclic) bond motifs is 1. The first-order valence-corrected chi connectivity index (χ1v) is 11.3. The van der Waals surface area contributed by atoms with Crippen LogP contribution in [0.2, 0.25) is 0 Å². The average Bonchev–Trinajstić information content (AvgIpc) is 2.84. The smallest absolute Gasteiger partial charge is 0.127 e. The van der Waals surface area contributed by atoms with Gasteiger partial charge in [0.15, 0.2) is 0 Å². The van der Waals surface area contributed by atoms with Crippen molar-refractivity contribution in [2.24, 2.45) is 0 Å². The number of hydrogen-bond acceptors (Lipinski definition) is 6. The van der Waals surface area contributed by atoms with Crippen LogP contribution >= 0.6 is 0 Å². The van der Waals surface area contributed by atoms with E-state index >= 15 is 0 Å². The Labute approximate surface area is 189 Å². The minimum Gasteiger partial charge on any atom is -0.490 e. The molecule has 0 spiro atoms. The number of benzene rings is 2. The summed E-state index contributed by atoms with van der Waals surface area (Å²) < 4.78 is 6.15. The summed E-state index contributed by atoms with van der Waals surface area (Å²) in [5.41, 5.74) is 2.08. The number of hydrogen-bond donors (Lipinski definition) is 1. The second-order valence-corrected chi connectivity index (χ2v) is 8.26. The molecule has 6 nitrogen and oxygen atoms in total. The number of β-amino-alcohol motifs (C(OH)–C–C–N with tert-alkyl or cyclic N) is 1. The van der Waals surface area contributed by atoms with Crippen LogP contribution in [0.5, 0.6) is 5.75 Å². The molecule has 4 rings (SSSR count). The largest absolute Gasteiger partial charge is 0.490 e. The predicted molar refractivity (Wildman–Crippen MR) is 126 cm³/mol. The van der Waals surface area contributed by atoms with Crippen molar-refractivity contribution >= 4 is 10.8 Å². The fourth-order valence-electron chi connectivity index (χ4n) is 4.30. The lowest BCUT2D eigenvalue weighted by atomic mass is 9.98. The van der Waals surface area contributed by atoms with Crippen molar-refractivity contribution in [3.63, 3.8) is 0 Å². The Kier molecular flexibility index (Phi) is 7.68. The van der Waals surface area contributed by atoms with Gasteiger partial charge in [-0.05, 0) is 47.5 Å². The van der Waals surface area contributed by atoms with E-state index in [1.54, 1.807) is 12.4 Å². The van der Waals surface area contributed by atoms with Crippen molar-refractivity contribution in [3.05, 3.63) is 60.9 Å². The standard InChI is InChI=1S/C26H30N4O2/c27-11-3-4-14-29-15-17-30(18-16-29)19-23(31)20-32-25-8-7-21-5-1-2-6-24(21)26(25)22-9-12-28-13-10-22/h1-2,5-10,12-13,23,31H,3-4,14-20H2. The van der Waals surface area contributed by atoms with E-state index in [1.165, 1.54) is 0 Å². The van der Waals surface area contributed by atoms with Crippen LogP contribution in [0.4, 0.5) is 0 Å². The molecule has 166 valence electrons. The van der Waals surface area contributed by atoms with E-state index in [1.807, 2.05) is 30.3 Å². The molecule has 1 saturated heterocycles. The Morgan fingerprint density at radius 2 is 1.75 bits per heavy atom. The first-order valence-electron chi connectivity index (χ1n) is 11.3. The lowest BCUT2D eigenvalue weighted by molar-refractivity contribution is 0.0461. The summed E-state index contributed by atoms with van der Waals surface area (Å²) in [7, 11) is 0. The summed E-state index contributed by atoms with van der Waals surface area (Å²) in [6.45, 7) is 5.66. The van der Waals surface area contributed by atoms with Gasteiger partial charge in [-0.15, -0.1) is 0 Å². The highest BCUT2D eigenvalue weighted by Gasteiger charge is 2.20. The molecule has 32 heavy (non-hydrogen) atoms. The van der Waals surface area contributed by atoms with Gasteiger partial charge in [0.05, 0.1) is 6.07 Å². The van der Waals surface area contributed by atoms with Gasteiger partial charge >= 0.3 is 0 Å². The summed E-state index contributed by atoms with van der Waals surface area (Å²) >= 11 is 0. The van der Waals surface area contributed by atoms with Gasteiger partial charge in [0.1, 0.15) is 18.5 Å². The van der Waals surface area contributed by atoms with Crippen LogP contribution in [0.15, 0.2) is 60.9 Å². The summed E-state index contributed by atoms with van der Waals surface area (Å²) in [5.74, 6) is 0.774. The molecule has 0 aliphatic carbocycles. The summed E-state index contributed by atoms with van der Waals surface area (Å²) in [6.07, 6.45) is 4.56. The zero-order chi connectivity index (χ0) is 22.2. The van der Waals surface area contributed by atoms with Crippen LogP contribution in [-0.2, 0) is 0 Å². The number of aliphatic hydroxyl groups excluding tert-OH is 1. The highest BCUT2D eigenvalue weighted by atomic mass is 16.5.